The lowest BCUT2D eigenvalue weighted by Crippen LogP contribution is -2.11. The lowest BCUT2D eigenvalue weighted by Gasteiger charge is -2.14. The van der Waals surface area contributed by atoms with Gasteiger partial charge in [-0.3, -0.25) is 9.78 Å². The highest BCUT2D eigenvalue weighted by Gasteiger charge is 2.22. The number of hydrogen-bond donors (Lipinski definition) is 2. The molecule has 94 valence electrons. The molecule has 0 saturated carbocycles. The standard InChI is InChI=1S/C10H12F2N2O3/c1-17-9-5(3-13)4-14-8(10(11)12)6(9)2-7(15)16/h4,10H,2-3,13H2,1H3,(H,15,16). The highest BCUT2D eigenvalue weighted by molar-refractivity contribution is 5.72. The summed E-state index contributed by atoms with van der Waals surface area (Å²) in [6, 6.07) is 0. The molecule has 0 aliphatic heterocycles. The second-order valence-electron chi connectivity index (χ2n) is 3.26. The first-order valence-corrected chi connectivity index (χ1v) is 4.75. The molecular weight excluding hydrogens is 234 g/mol. The van der Waals surface area contributed by atoms with E-state index in [4.69, 9.17) is 15.6 Å². The number of aliphatic carboxylic acids is 1. The molecule has 7 heteroatoms. The Morgan fingerprint density at radius 3 is 2.71 bits per heavy atom. The van der Waals surface area contributed by atoms with Gasteiger partial charge in [0, 0.05) is 23.9 Å². The van der Waals surface area contributed by atoms with E-state index in [-0.39, 0.29) is 17.9 Å². The zero-order chi connectivity index (χ0) is 13.0. The number of aromatic nitrogens is 1. The van der Waals surface area contributed by atoms with E-state index in [9.17, 15) is 13.6 Å². The Morgan fingerprint density at radius 1 is 1.65 bits per heavy atom. The van der Waals surface area contributed by atoms with E-state index in [0.29, 0.717) is 5.56 Å². The smallest absolute Gasteiger partial charge is 0.308 e. The van der Waals surface area contributed by atoms with E-state index in [1.807, 2.05) is 0 Å². The lowest BCUT2D eigenvalue weighted by atomic mass is 10.1. The average molecular weight is 246 g/mol. The van der Waals surface area contributed by atoms with Crippen molar-refractivity contribution >= 4 is 5.97 Å². The van der Waals surface area contributed by atoms with Gasteiger partial charge >= 0.3 is 5.97 Å². The molecule has 0 aromatic carbocycles. The van der Waals surface area contributed by atoms with Gasteiger partial charge in [0.25, 0.3) is 6.43 Å². The number of methoxy groups -OCH3 is 1. The van der Waals surface area contributed by atoms with Crippen molar-refractivity contribution in [1.29, 1.82) is 0 Å². The molecule has 0 aliphatic carbocycles. The molecule has 0 amide bonds. The third kappa shape index (κ3) is 2.88. The lowest BCUT2D eigenvalue weighted by molar-refractivity contribution is -0.136. The van der Waals surface area contributed by atoms with Crippen LogP contribution in [0.3, 0.4) is 0 Å². The van der Waals surface area contributed by atoms with E-state index in [1.165, 1.54) is 13.3 Å². The van der Waals surface area contributed by atoms with Gasteiger partial charge in [0.05, 0.1) is 13.5 Å². The van der Waals surface area contributed by atoms with Crippen molar-refractivity contribution < 1.29 is 23.4 Å². The number of nitrogens with two attached hydrogens (primary N) is 1. The largest absolute Gasteiger partial charge is 0.496 e. The van der Waals surface area contributed by atoms with Crippen molar-refractivity contribution in [1.82, 2.24) is 4.98 Å². The number of carbonyl (C=O) groups is 1. The summed E-state index contributed by atoms with van der Waals surface area (Å²) in [5.41, 5.74) is 5.08. The summed E-state index contributed by atoms with van der Waals surface area (Å²) in [6.07, 6.45) is -2.26. The van der Waals surface area contributed by atoms with Crippen LogP contribution in [0, 0.1) is 0 Å². The van der Waals surface area contributed by atoms with Crippen LogP contribution in [0.5, 0.6) is 5.75 Å². The predicted octanol–water partition coefficient (Wildman–Crippen LogP) is 1.11. The van der Waals surface area contributed by atoms with Gasteiger partial charge in [-0.1, -0.05) is 0 Å². The van der Waals surface area contributed by atoms with Gasteiger partial charge in [0.2, 0.25) is 0 Å². The highest BCUT2D eigenvalue weighted by Crippen LogP contribution is 2.31. The normalized spacial score (nSPS) is 10.6. The van der Waals surface area contributed by atoms with Gasteiger partial charge in [-0.05, 0) is 0 Å². The maximum Gasteiger partial charge on any atom is 0.308 e. The molecule has 0 unspecified atom stereocenters. The van der Waals surface area contributed by atoms with Crippen LogP contribution in [0.4, 0.5) is 8.78 Å². The number of alkyl halides is 2. The summed E-state index contributed by atoms with van der Waals surface area (Å²) in [6.45, 7) is 0.0340. The fourth-order valence-corrected chi connectivity index (χ4v) is 1.50. The molecule has 0 radical (unpaired) electrons. The van der Waals surface area contributed by atoms with E-state index >= 15 is 0 Å². The van der Waals surface area contributed by atoms with Crippen molar-refractivity contribution in [2.75, 3.05) is 7.11 Å². The summed E-state index contributed by atoms with van der Waals surface area (Å²) >= 11 is 0. The van der Waals surface area contributed by atoms with Gasteiger partial charge in [0.15, 0.2) is 0 Å². The molecule has 1 rings (SSSR count). The Morgan fingerprint density at radius 2 is 2.29 bits per heavy atom. The minimum absolute atomic E-state index is 0.0340. The molecule has 17 heavy (non-hydrogen) atoms. The number of pyridine rings is 1. The Bertz CT molecular complexity index is 424. The van der Waals surface area contributed by atoms with Crippen molar-refractivity contribution in [2.45, 2.75) is 19.4 Å². The average Bonchev–Trinajstić information content (AvgIpc) is 2.27. The third-order valence-corrected chi connectivity index (χ3v) is 2.19. The van der Waals surface area contributed by atoms with Crippen LogP contribution < -0.4 is 10.5 Å². The summed E-state index contributed by atoms with van der Waals surface area (Å²) in [4.78, 5) is 14.2. The van der Waals surface area contributed by atoms with Gasteiger partial charge in [-0.25, -0.2) is 8.78 Å². The monoisotopic (exact) mass is 246 g/mol. The zero-order valence-electron chi connectivity index (χ0n) is 9.11. The van der Waals surface area contributed by atoms with Crippen molar-refractivity contribution in [3.63, 3.8) is 0 Å². The Balaban J connectivity index is 3.38. The SMILES string of the molecule is COc1c(CN)cnc(C(F)F)c1CC(=O)O. The molecule has 0 atom stereocenters. The van der Waals surface area contributed by atoms with Crippen molar-refractivity contribution in [3.8, 4) is 5.75 Å². The molecule has 3 N–H and O–H groups in total. The molecule has 0 fully saturated rings. The predicted molar refractivity (Wildman–Crippen MR) is 55.0 cm³/mol. The van der Waals surface area contributed by atoms with E-state index < -0.39 is 24.5 Å². The maximum atomic E-state index is 12.7. The fraction of sp³-hybridized carbons (Fsp3) is 0.400. The van der Waals surface area contributed by atoms with Crippen LogP contribution >= 0.6 is 0 Å². The first-order valence-electron chi connectivity index (χ1n) is 4.75. The Hall–Kier alpha value is -1.76. The summed E-state index contributed by atoms with van der Waals surface area (Å²) in [7, 11) is 1.27. The van der Waals surface area contributed by atoms with E-state index in [2.05, 4.69) is 4.98 Å². The molecule has 0 aliphatic rings. The second-order valence-corrected chi connectivity index (χ2v) is 3.26. The molecule has 5 nitrogen and oxygen atoms in total. The molecule has 0 saturated heterocycles. The van der Waals surface area contributed by atoms with Crippen LogP contribution in [-0.4, -0.2) is 23.2 Å². The van der Waals surface area contributed by atoms with Gasteiger partial charge in [-0.2, -0.15) is 0 Å². The van der Waals surface area contributed by atoms with Gasteiger partial charge in [0.1, 0.15) is 11.4 Å². The number of rotatable bonds is 5. The molecular formula is C10H12F2N2O3. The summed E-state index contributed by atoms with van der Waals surface area (Å²) in [5.74, 6) is -1.17. The second kappa shape index (κ2) is 5.53. The van der Waals surface area contributed by atoms with Crippen molar-refractivity contribution in [3.05, 3.63) is 23.0 Å². The van der Waals surface area contributed by atoms with Gasteiger partial charge in [-0.15, -0.1) is 0 Å². The maximum absolute atomic E-state index is 12.7. The minimum atomic E-state index is -2.86. The minimum Gasteiger partial charge on any atom is -0.496 e. The molecule has 1 heterocycles. The first-order chi connectivity index (χ1) is 8.01. The number of halogens is 2. The van der Waals surface area contributed by atoms with Crippen LogP contribution in [0.2, 0.25) is 0 Å². The van der Waals surface area contributed by atoms with Crippen LogP contribution in [0.15, 0.2) is 6.20 Å². The molecule has 0 bridgehead atoms. The van der Waals surface area contributed by atoms with Crippen LogP contribution in [0.25, 0.3) is 0 Å². The fourth-order valence-electron chi connectivity index (χ4n) is 1.50. The summed E-state index contributed by atoms with van der Waals surface area (Å²) < 4.78 is 30.3. The topological polar surface area (TPSA) is 85.4 Å². The Kier molecular flexibility index (Phi) is 4.33. The van der Waals surface area contributed by atoms with Gasteiger partial charge < -0.3 is 15.6 Å². The summed E-state index contributed by atoms with van der Waals surface area (Å²) in [5, 5.41) is 8.70. The number of carboxylic acids is 1. The van der Waals surface area contributed by atoms with E-state index in [0.717, 1.165) is 0 Å². The number of hydrogen-bond acceptors (Lipinski definition) is 4. The quantitative estimate of drug-likeness (QED) is 0.812. The Labute approximate surface area is 96.2 Å². The highest BCUT2D eigenvalue weighted by atomic mass is 19.3. The molecule has 0 spiro atoms. The number of nitrogens with zero attached hydrogens (tertiary/aromatic N) is 1. The first kappa shape index (κ1) is 13.3. The number of ether oxygens (including phenoxy) is 1. The van der Waals surface area contributed by atoms with Crippen molar-refractivity contribution in [2.24, 2.45) is 5.73 Å². The molecule has 1 aromatic rings. The van der Waals surface area contributed by atoms with Crippen LogP contribution in [-0.2, 0) is 17.8 Å². The molecule has 1 aromatic heterocycles. The number of carboxylic acid groups (broad SMARTS) is 1. The van der Waals surface area contributed by atoms with Crippen LogP contribution in [0.1, 0.15) is 23.2 Å². The zero-order valence-corrected chi connectivity index (χ0v) is 9.11. The third-order valence-electron chi connectivity index (χ3n) is 2.19. The van der Waals surface area contributed by atoms with E-state index in [1.54, 1.807) is 0 Å².